The Morgan fingerprint density at radius 1 is 1.47 bits per heavy atom. The number of nitrogens with zero attached hydrogens (tertiary/aromatic N) is 3. The summed E-state index contributed by atoms with van der Waals surface area (Å²) in [5.74, 6) is 0.826. The summed E-state index contributed by atoms with van der Waals surface area (Å²) >= 11 is 0. The molecule has 0 saturated heterocycles. The molecule has 1 heterocycles. The molecule has 0 bridgehead atoms. The highest BCUT2D eigenvalue weighted by Crippen LogP contribution is 2.03. The minimum Gasteiger partial charge on any atom is -0.382 e. The van der Waals surface area contributed by atoms with Gasteiger partial charge in [0, 0.05) is 13.2 Å². The van der Waals surface area contributed by atoms with E-state index in [0.717, 1.165) is 5.82 Å². The molecule has 0 spiro atoms. The first-order valence-corrected chi connectivity index (χ1v) is 5.25. The second-order valence-corrected chi connectivity index (χ2v) is 3.98. The molecular weight excluding hydrogens is 192 g/mol. The Morgan fingerprint density at radius 3 is 2.80 bits per heavy atom. The second kappa shape index (κ2) is 5.82. The lowest BCUT2D eigenvalue weighted by atomic mass is 10.4. The van der Waals surface area contributed by atoms with Crippen molar-refractivity contribution in [1.29, 1.82) is 0 Å². The molecule has 0 amide bonds. The van der Waals surface area contributed by atoms with Gasteiger partial charge in [0.25, 0.3) is 0 Å². The highest BCUT2D eigenvalue weighted by atomic mass is 16.5. The molecular formula is C10H20N4O. The van der Waals surface area contributed by atoms with Crippen LogP contribution in [-0.2, 0) is 11.3 Å². The van der Waals surface area contributed by atoms with Crippen molar-refractivity contribution in [3.8, 4) is 0 Å². The van der Waals surface area contributed by atoms with Crippen molar-refractivity contribution >= 4 is 0 Å². The number of hydrogen-bond acceptors (Lipinski definition) is 4. The molecule has 1 aromatic heterocycles. The first kappa shape index (κ1) is 12.1. The van der Waals surface area contributed by atoms with Gasteiger partial charge in [-0.2, -0.15) is 5.10 Å². The molecule has 1 rings (SSSR count). The van der Waals surface area contributed by atoms with E-state index in [2.05, 4.69) is 36.2 Å². The smallest absolute Gasteiger partial charge is 0.164 e. The highest BCUT2D eigenvalue weighted by Gasteiger charge is 2.07. The van der Waals surface area contributed by atoms with Crippen molar-refractivity contribution in [2.75, 3.05) is 13.7 Å². The number of methoxy groups -OCH3 is 1. The number of hydrogen-bond donors (Lipinski definition) is 1. The van der Waals surface area contributed by atoms with Crippen molar-refractivity contribution in [3.63, 3.8) is 0 Å². The van der Waals surface area contributed by atoms with Gasteiger partial charge in [-0.1, -0.05) is 13.8 Å². The summed E-state index contributed by atoms with van der Waals surface area (Å²) in [4.78, 5) is 4.23. The lowest BCUT2D eigenvalue weighted by molar-refractivity contribution is 0.156. The van der Waals surface area contributed by atoms with Gasteiger partial charge in [0.15, 0.2) is 5.82 Å². The number of aromatic nitrogens is 3. The summed E-state index contributed by atoms with van der Waals surface area (Å²) in [7, 11) is 1.69. The maximum absolute atomic E-state index is 5.06. The van der Waals surface area contributed by atoms with E-state index in [-0.39, 0.29) is 6.04 Å². The van der Waals surface area contributed by atoms with E-state index in [0.29, 0.717) is 19.2 Å². The topological polar surface area (TPSA) is 52.0 Å². The third-order valence-electron chi connectivity index (χ3n) is 2.08. The summed E-state index contributed by atoms with van der Waals surface area (Å²) in [6, 6.07) is 0.684. The van der Waals surface area contributed by atoms with Gasteiger partial charge in [-0.05, 0) is 6.92 Å². The zero-order valence-corrected chi connectivity index (χ0v) is 9.90. The first-order valence-electron chi connectivity index (χ1n) is 5.25. The molecule has 0 saturated carbocycles. The van der Waals surface area contributed by atoms with E-state index in [1.807, 2.05) is 4.68 Å². The summed E-state index contributed by atoms with van der Waals surface area (Å²) in [5, 5.41) is 7.64. The van der Waals surface area contributed by atoms with Crippen LogP contribution in [0.15, 0.2) is 6.33 Å². The molecule has 86 valence electrons. The van der Waals surface area contributed by atoms with Gasteiger partial charge in [-0.3, -0.25) is 0 Å². The molecule has 0 aromatic carbocycles. The number of ether oxygens (including phenoxy) is 1. The van der Waals surface area contributed by atoms with Crippen LogP contribution in [0.4, 0.5) is 0 Å². The van der Waals surface area contributed by atoms with Crippen LogP contribution in [0.1, 0.15) is 32.6 Å². The van der Waals surface area contributed by atoms with Gasteiger partial charge in [0.1, 0.15) is 6.33 Å². The molecule has 1 unspecified atom stereocenters. The fourth-order valence-electron chi connectivity index (χ4n) is 1.22. The average Bonchev–Trinajstić information content (AvgIpc) is 2.63. The SMILES string of the molecule is COCC(C)n1cnc(CNC(C)C)n1. The summed E-state index contributed by atoms with van der Waals surface area (Å²) in [5.41, 5.74) is 0. The quantitative estimate of drug-likeness (QED) is 0.764. The van der Waals surface area contributed by atoms with Crippen LogP contribution in [0, 0.1) is 0 Å². The van der Waals surface area contributed by atoms with E-state index in [9.17, 15) is 0 Å². The largest absolute Gasteiger partial charge is 0.382 e. The summed E-state index contributed by atoms with van der Waals surface area (Å²) in [6.45, 7) is 7.62. The average molecular weight is 212 g/mol. The van der Waals surface area contributed by atoms with E-state index in [1.54, 1.807) is 13.4 Å². The predicted octanol–water partition coefficient (Wildman–Crippen LogP) is 0.983. The van der Waals surface area contributed by atoms with Gasteiger partial charge in [0.2, 0.25) is 0 Å². The van der Waals surface area contributed by atoms with E-state index >= 15 is 0 Å². The fraction of sp³-hybridized carbons (Fsp3) is 0.800. The minimum atomic E-state index is 0.232. The minimum absolute atomic E-state index is 0.232. The van der Waals surface area contributed by atoms with Crippen LogP contribution >= 0.6 is 0 Å². The zero-order chi connectivity index (χ0) is 11.3. The standard InChI is InChI=1S/C10H20N4O/c1-8(2)11-5-10-12-7-14(13-10)9(3)6-15-4/h7-9,11H,5-6H2,1-4H3. The molecule has 0 fully saturated rings. The van der Waals surface area contributed by atoms with Gasteiger partial charge in [-0.25, -0.2) is 9.67 Å². The highest BCUT2D eigenvalue weighted by molar-refractivity contribution is 4.82. The molecule has 0 aliphatic heterocycles. The molecule has 0 aliphatic rings. The molecule has 0 radical (unpaired) electrons. The fourth-order valence-corrected chi connectivity index (χ4v) is 1.22. The van der Waals surface area contributed by atoms with Crippen LogP contribution in [0.25, 0.3) is 0 Å². The Bertz CT molecular complexity index is 285. The van der Waals surface area contributed by atoms with Crippen LogP contribution in [-0.4, -0.2) is 34.5 Å². The Morgan fingerprint density at radius 2 is 2.20 bits per heavy atom. The van der Waals surface area contributed by atoms with Crippen molar-refractivity contribution in [1.82, 2.24) is 20.1 Å². The lowest BCUT2D eigenvalue weighted by Gasteiger charge is -2.09. The molecule has 5 heteroatoms. The van der Waals surface area contributed by atoms with Gasteiger partial charge >= 0.3 is 0 Å². The zero-order valence-electron chi connectivity index (χ0n) is 9.90. The monoisotopic (exact) mass is 212 g/mol. The number of rotatable bonds is 6. The van der Waals surface area contributed by atoms with Crippen molar-refractivity contribution < 1.29 is 4.74 Å². The van der Waals surface area contributed by atoms with Gasteiger partial charge < -0.3 is 10.1 Å². The molecule has 1 atom stereocenters. The van der Waals surface area contributed by atoms with Crippen LogP contribution < -0.4 is 5.32 Å². The maximum Gasteiger partial charge on any atom is 0.164 e. The third-order valence-corrected chi connectivity index (χ3v) is 2.08. The van der Waals surface area contributed by atoms with Crippen LogP contribution in [0.3, 0.4) is 0 Å². The third kappa shape index (κ3) is 3.97. The Labute approximate surface area is 90.8 Å². The Kier molecular flexibility index (Phi) is 4.71. The van der Waals surface area contributed by atoms with Crippen molar-refractivity contribution in [3.05, 3.63) is 12.2 Å². The van der Waals surface area contributed by atoms with Crippen molar-refractivity contribution in [2.24, 2.45) is 0 Å². The van der Waals surface area contributed by atoms with E-state index in [4.69, 9.17) is 4.74 Å². The molecule has 1 N–H and O–H groups in total. The van der Waals surface area contributed by atoms with Gasteiger partial charge in [-0.15, -0.1) is 0 Å². The summed E-state index contributed by atoms with van der Waals surface area (Å²) < 4.78 is 6.90. The van der Waals surface area contributed by atoms with E-state index < -0.39 is 0 Å². The lowest BCUT2D eigenvalue weighted by Crippen LogP contribution is -2.22. The molecule has 0 aliphatic carbocycles. The maximum atomic E-state index is 5.06. The number of nitrogens with one attached hydrogen (secondary N) is 1. The summed E-state index contributed by atoms with van der Waals surface area (Å²) in [6.07, 6.45) is 1.75. The second-order valence-electron chi connectivity index (χ2n) is 3.98. The molecule has 1 aromatic rings. The molecule has 15 heavy (non-hydrogen) atoms. The first-order chi connectivity index (χ1) is 7.13. The Hall–Kier alpha value is -0.940. The van der Waals surface area contributed by atoms with Gasteiger partial charge in [0.05, 0.1) is 19.2 Å². The Balaban J connectivity index is 2.48. The normalized spacial score (nSPS) is 13.4. The van der Waals surface area contributed by atoms with Crippen molar-refractivity contribution in [2.45, 2.75) is 39.4 Å². The molecule has 5 nitrogen and oxygen atoms in total. The van der Waals surface area contributed by atoms with Crippen LogP contribution in [0.2, 0.25) is 0 Å². The van der Waals surface area contributed by atoms with Crippen LogP contribution in [0.5, 0.6) is 0 Å². The van der Waals surface area contributed by atoms with E-state index in [1.165, 1.54) is 0 Å². The predicted molar refractivity (Wildman–Crippen MR) is 58.6 cm³/mol.